The van der Waals surface area contributed by atoms with Crippen LogP contribution in [0.25, 0.3) is 10.9 Å². The molecule has 4 fully saturated rings. The number of piperidine rings is 1. The number of alkyl halides is 2. The van der Waals surface area contributed by atoms with Crippen molar-refractivity contribution in [3.8, 4) is 17.6 Å². The average Bonchev–Trinajstić information content (AvgIpc) is 4.13. The molecule has 6 aliphatic heterocycles. The van der Waals surface area contributed by atoms with Crippen LogP contribution < -0.4 is 9.64 Å². The topological polar surface area (TPSA) is 137 Å². The Morgan fingerprint density at radius 3 is 2.44 bits per heavy atom. The summed E-state index contributed by atoms with van der Waals surface area (Å²) >= 11 is 0. The Balaban J connectivity index is 1.24. The summed E-state index contributed by atoms with van der Waals surface area (Å²) in [6.07, 6.45) is 6.78. The first-order chi connectivity index (χ1) is 32.5. The van der Waals surface area contributed by atoms with Crippen LogP contribution in [-0.2, 0) is 45.8 Å². The van der Waals surface area contributed by atoms with Gasteiger partial charge in [0, 0.05) is 102 Å². The maximum absolute atomic E-state index is 15.6. The number of aromatic amines is 1. The molecule has 7 heterocycles. The van der Waals surface area contributed by atoms with Gasteiger partial charge in [-0.1, -0.05) is 30.9 Å². The Hall–Kier alpha value is -5.01. The normalized spacial score (nSPS) is 34.1. The predicted molar refractivity (Wildman–Crippen MR) is 252 cm³/mol. The highest BCUT2D eigenvalue weighted by Gasteiger charge is 2.80. The van der Waals surface area contributed by atoms with Crippen LogP contribution in [0.15, 0.2) is 42.5 Å². The van der Waals surface area contributed by atoms with Crippen molar-refractivity contribution in [3.05, 3.63) is 70.4 Å². The van der Waals surface area contributed by atoms with Crippen LogP contribution in [0.1, 0.15) is 87.2 Å². The maximum atomic E-state index is 15.6. The van der Waals surface area contributed by atoms with Crippen LogP contribution >= 0.6 is 0 Å². The fourth-order valence-electron chi connectivity index (χ4n) is 14.8. The van der Waals surface area contributed by atoms with Crippen LogP contribution in [0, 0.1) is 29.1 Å². The van der Waals surface area contributed by atoms with E-state index in [1.54, 1.807) is 7.11 Å². The van der Waals surface area contributed by atoms with E-state index in [4.69, 9.17) is 18.9 Å². The molecule has 364 valence electrons. The zero-order valence-corrected chi connectivity index (χ0v) is 40.4. The van der Waals surface area contributed by atoms with E-state index in [-0.39, 0.29) is 31.3 Å². The average molecular weight is 938 g/mol. The lowest BCUT2D eigenvalue weighted by molar-refractivity contribution is -0.228. The zero-order valence-electron chi connectivity index (χ0n) is 40.4. The monoisotopic (exact) mass is 937 g/mol. The van der Waals surface area contributed by atoms with Crippen LogP contribution in [0.2, 0.25) is 0 Å². The van der Waals surface area contributed by atoms with E-state index < -0.39 is 63.7 Å². The van der Waals surface area contributed by atoms with E-state index in [2.05, 4.69) is 37.6 Å². The van der Waals surface area contributed by atoms with Gasteiger partial charge in [-0.3, -0.25) is 19.4 Å². The van der Waals surface area contributed by atoms with E-state index in [0.717, 1.165) is 47.6 Å². The van der Waals surface area contributed by atoms with Gasteiger partial charge < -0.3 is 38.8 Å². The van der Waals surface area contributed by atoms with Gasteiger partial charge >= 0.3 is 17.9 Å². The minimum absolute atomic E-state index is 0.129. The largest absolute Gasteiger partial charge is 0.496 e. The van der Waals surface area contributed by atoms with Crippen LogP contribution in [-0.4, -0.2) is 153 Å². The van der Waals surface area contributed by atoms with Crippen molar-refractivity contribution in [2.45, 2.75) is 106 Å². The predicted octanol–water partition coefficient (Wildman–Crippen LogP) is 5.57. The molecule has 13 nitrogen and oxygen atoms in total. The summed E-state index contributed by atoms with van der Waals surface area (Å²) in [7, 11) is 5.98. The van der Waals surface area contributed by atoms with Crippen LogP contribution in [0.5, 0.6) is 5.75 Å². The number of aromatic nitrogens is 1. The third-order valence-corrected chi connectivity index (χ3v) is 17.4. The second kappa shape index (κ2) is 16.8. The maximum Gasteiger partial charge on any atom is 0.344 e. The molecule has 1 spiro atoms. The lowest BCUT2D eigenvalue weighted by atomic mass is 9.47. The van der Waals surface area contributed by atoms with Gasteiger partial charge in [0.2, 0.25) is 11.5 Å². The number of anilines is 1. The summed E-state index contributed by atoms with van der Waals surface area (Å²) in [4.78, 5) is 55.7. The highest BCUT2D eigenvalue weighted by molar-refractivity contribution is 5.95. The van der Waals surface area contributed by atoms with Crippen molar-refractivity contribution in [3.63, 3.8) is 0 Å². The number of nitrogens with one attached hydrogen (secondary N) is 1. The SMILES string of the molecule is CC[C@]12C=CCN3CC[C@@]4(c5cc([C@@]6(C(=O)OC)CC7CC(C(C)(F)F)CN(CCc8c6[nH]c6ccc(C#CCN9CCCC9)cc86)C7)c(OC)cc5N(C)C4[C@@](O)(C(=O)OC)[C@@H]1OC(C)=O)C32. The number of ether oxygens (including phenoxy) is 4. The molecule has 10 atom stereocenters. The highest BCUT2D eigenvalue weighted by Crippen LogP contribution is 2.68. The number of nitrogens with zero attached hydrogens (tertiary/aromatic N) is 4. The summed E-state index contributed by atoms with van der Waals surface area (Å²) in [6.45, 7) is 9.48. The standard InChI is InChI=1S/C53H65F2N5O8/c1-8-50-17-12-22-60-24-18-51(44(50)60)38-27-39(42(65-5)28-41(38)57(4)45(51)53(64,48(63)67-7)46(50)68-32(2)61)52(47(62)66-6)29-34-25-35(49(3,54)55)31-59(30-34)23-16-36-37-26-33(14-15-40(37)56-43(36)52)13-11-21-58-19-9-10-20-58/h12,14-15,17,26-28,34-35,44-46,56,64H,8-10,16,18-25,29-31H2,1-7H3/t34?,35?,44?,45?,46-,50-,51-,52+,53+/m1/s1. The molecule has 5 unspecified atom stereocenters. The van der Waals surface area contributed by atoms with Gasteiger partial charge in [0.05, 0.1) is 33.9 Å². The zero-order chi connectivity index (χ0) is 48.1. The first-order valence-electron chi connectivity index (χ1n) is 24.4. The summed E-state index contributed by atoms with van der Waals surface area (Å²) in [5, 5.41) is 14.3. The molecular weight excluding hydrogens is 873 g/mol. The Bertz CT molecular complexity index is 2630. The van der Waals surface area contributed by atoms with Gasteiger partial charge in [-0.15, -0.1) is 0 Å². The first kappa shape index (κ1) is 46.7. The number of methoxy groups -OCH3 is 3. The molecule has 1 aliphatic carbocycles. The van der Waals surface area contributed by atoms with E-state index in [0.29, 0.717) is 74.7 Å². The molecule has 10 rings (SSSR count). The van der Waals surface area contributed by atoms with Crippen LogP contribution in [0.3, 0.4) is 0 Å². The highest BCUT2D eigenvalue weighted by atomic mass is 19.3. The molecule has 2 aromatic carbocycles. The van der Waals surface area contributed by atoms with Crippen molar-refractivity contribution in [1.82, 2.24) is 19.7 Å². The number of benzene rings is 2. The third kappa shape index (κ3) is 6.70. The summed E-state index contributed by atoms with van der Waals surface area (Å²) < 4.78 is 55.2. The van der Waals surface area contributed by atoms with Gasteiger partial charge in [0.15, 0.2) is 6.10 Å². The van der Waals surface area contributed by atoms with Gasteiger partial charge in [-0.05, 0) is 113 Å². The summed E-state index contributed by atoms with van der Waals surface area (Å²) in [5.74, 6) is 0.757. The Labute approximate surface area is 397 Å². The fourth-order valence-corrected chi connectivity index (χ4v) is 14.8. The molecule has 7 aliphatic rings. The molecule has 2 N–H and O–H groups in total. The van der Waals surface area contributed by atoms with E-state index in [1.165, 1.54) is 34.0 Å². The van der Waals surface area contributed by atoms with Crippen molar-refractivity contribution >= 4 is 34.5 Å². The molecule has 3 aromatic rings. The number of esters is 3. The summed E-state index contributed by atoms with van der Waals surface area (Å²) in [5.41, 5.74) is -0.908. The Morgan fingerprint density at radius 1 is 0.985 bits per heavy atom. The number of halogens is 2. The fraction of sp³-hybridized carbons (Fsp3) is 0.604. The van der Waals surface area contributed by atoms with E-state index in [9.17, 15) is 14.7 Å². The second-order valence-electron chi connectivity index (χ2n) is 20.8. The van der Waals surface area contributed by atoms with Crippen molar-refractivity contribution in [2.24, 2.45) is 17.3 Å². The number of aliphatic hydroxyl groups is 1. The number of likely N-dealkylation sites (tertiary alicyclic amines) is 1. The van der Waals surface area contributed by atoms with E-state index >= 15 is 13.6 Å². The second-order valence-corrected chi connectivity index (χ2v) is 20.8. The molecule has 0 radical (unpaired) electrons. The molecule has 3 saturated heterocycles. The third-order valence-electron chi connectivity index (χ3n) is 17.4. The van der Waals surface area contributed by atoms with Crippen molar-refractivity contribution in [1.29, 1.82) is 0 Å². The summed E-state index contributed by atoms with van der Waals surface area (Å²) in [6, 6.07) is 8.62. The first-order valence-corrected chi connectivity index (χ1v) is 24.4. The molecule has 15 heteroatoms. The molecule has 0 amide bonds. The van der Waals surface area contributed by atoms with Crippen molar-refractivity contribution in [2.75, 3.05) is 85.6 Å². The van der Waals surface area contributed by atoms with Gasteiger partial charge in [0.1, 0.15) is 11.2 Å². The smallest absolute Gasteiger partial charge is 0.344 e. The number of carbonyl (C=O) groups is 3. The molecule has 1 aromatic heterocycles. The molecule has 68 heavy (non-hydrogen) atoms. The molecular formula is C53H65F2N5O8. The number of H-pyrrole nitrogens is 1. The quantitative estimate of drug-likeness (QED) is 0.127. The van der Waals surface area contributed by atoms with Gasteiger partial charge in [-0.25, -0.2) is 13.6 Å². The van der Waals surface area contributed by atoms with Gasteiger partial charge in [0.25, 0.3) is 0 Å². The molecule has 1 saturated carbocycles. The van der Waals surface area contributed by atoms with Crippen LogP contribution in [0.4, 0.5) is 14.5 Å². The van der Waals surface area contributed by atoms with E-state index in [1.807, 2.05) is 55.3 Å². The lowest BCUT2D eigenvalue weighted by Gasteiger charge is -2.63. The minimum Gasteiger partial charge on any atom is -0.496 e. The number of carbonyl (C=O) groups excluding carboxylic acids is 3. The van der Waals surface area contributed by atoms with Gasteiger partial charge in [-0.2, -0.15) is 0 Å². The number of hydrogen-bond donors (Lipinski definition) is 2. The number of likely N-dealkylation sites (N-methyl/N-ethyl adjacent to an activating group) is 1. The number of rotatable bonds is 8. The molecule has 2 bridgehead atoms. The number of hydrogen-bond acceptors (Lipinski definition) is 12. The van der Waals surface area contributed by atoms with Crippen molar-refractivity contribution < 1.29 is 47.2 Å². The number of fused-ring (bicyclic) bond motifs is 6. The Kier molecular flexibility index (Phi) is 11.6. The Morgan fingerprint density at radius 2 is 1.75 bits per heavy atom. The minimum atomic E-state index is -2.96. The lowest BCUT2D eigenvalue weighted by Crippen LogP contribution is -2.81.